The number of halogens is 2. The van der Waals surface area contributed by atoms with Crippen molar-refractivity contribution in [2.45, 2.75) is 44.6 Å². The van der Waals surface area contributed by atoms with Crippen LogP contribution in [0, 0.1) is 0 Å². The number of ketones is 1. The van der Waals surface area contributed by atoms with E-state index in [9.17, 15) is 4.79 Å². The van der Waals surface area contributed by atoms with E-state index < -0.39 is 5.54 Å². The summed E-state index contributed by atoms with van der Waals surface area (Å²) in [5.41, 5.74) is 0.400. The van der Waals surface area contributed by atoms with Crippen LogP contribution < -0.4 is 5.32 Å². The topological polar surface area (TPSA) is 29.1 Å². The highest BCUT2D eigenvalue weighted by Gasteiger charge is 2.41. The maximum atomic E-state index is 12.5. The highest BCUT2D eigenvalue weighted by molar-refractivity contribution is 6.31. The third-order valence-corrected chi connectivity index (χ3v) is 4.02. The molecule has 2 rings (SSSR count). The smallest absolute Gasteiger partial charge is 0.157 e. The Morgan fingerprint density at radius 1 is 1.32 bits per heavy atom. The number of Topliss-reactive ketones (excluding diaryl/α,β-unsaturated/α-hetero) is 1. The normalized spacial score (nSPS) is 22.9. The fourth-order valence-corrected chi connectivity index (χ4v) is 3.04. The van der Waals surface area contributed by atoms with Crippen molar-refractivity contribution in [3.63, 3.8) is 0 Å². The van der Waals surface area contributed by atoms with E-state index in [1.54, 1.807) is 0 Å². The summed E-state index contributed by atoms with van der Waals surface area (Å²) in [4.78, 5) is 12.5. The zero-order chi connectivity index (χ0) is 13.0. The molecule has 0 saturated heterocycles. The molecule has 0 bridgehead atoms. The quantitative estimate of drug-likeness (QED) is 0.907. The summed E-state index contributed by atoms with van der Waals surface area (Å²) in [6, 6.07) is 7.72. The molecule has 19 heavy (non-hydrogen) atoms. The van der Waals surface area contributed by atoms with Gasteiger partial charge in [-0.2, -0.15) is 0 Å². The number of carbonyl (C=O) groups is 1. The molecule has 1 aliphatic rings. The summed E-state index contributed by atoms with van der Waals surface area (Å²) in [5, 5.41) is 4.15. The average Bonchev–Trinajstić information content (AvgIpc) is 2.39. The molecule has 1 atom stereocenters. The van der Waals surface area contributed by atoms with Crippen LogP contribution >= 0.6 is 24.0 Å². The van der Waals surface area contributed by atoms with Crippen molar-refractivity contribution in [1.82, 2.24) is 5.32 Å². The first-order chi connectivity index (χ1) is 8.70. The monoisotopic (exact) mass is 301 g/mol. The maximum absolute atomic E-state index is 12.5. The molecule has 1 aliphatic carbocycles. The molecule has 1 fully saturated rings. The van der Waals surface area contributed by atoms with Crippen molar-refractivity contribution in [2.75, 3.05) is 6.54 Å². The van der Waals surface area contributed by atoms with Crippen LogP contribution in [0.1, 0.15) is 44.6 Å². The standard InChI is InChI=1S/C15H20ClNO.ClH/c1-2-11-17-15(10-6-5-9-14(15)18)12-7-3-4-8-13(12)16;/h3-4,7-8,17H,2,5-6,9-11H2,1H3;1H. The van der Waals surface area contributed by atoms with Gasteiger partial charge in [-0.15, -0.1) is 12.4 Å². The van der Waals surface area contributed by atoms with Crippen molar-refractivity contribution >= 4 is 29.8 Å². The van der Waals surface area contributed by atoms with E-state index in [1.165, 1.54) is 0 Å². The molecule has 0 heterocycles. The molecule has 1 aromatic rings. The van der Waals surface area contributed by atoms with Crippen LogP contribution in [0.4, 0.5) is 0 Å². The summed E-state index contributed by atoms with van der Waals surface area (Å²) in [5.74, 6) is 0.287. The number of hydrogen-bond acceptors (Lipinski definition) is 2. The van der Waals surface area contributed by atoms with Gasteiger partial charge in [0.2, 0.25) is 0 Å². The highest BCUT2D eigenvalue weighted by Crippen LogP contribution is 2.37. The van der Waals surface area contributed by atoms with E-state index in [2.05, 4.69) is 12.2 Å². The third kappa shape index (κ3) is 3.31. The highest BCUT2D eigenvalue weighted by atomic mass is 35.5. The minimum atomic E-state index is -0.549. The Kier molecular flexibility index (Phi) is 6.31. The van der Waals surface area contributed by atoms with Crippen LogP contribution in [0.15, 0.2) is 24.3 Å². The lowest BCUT2D eigenvalue weighted by Gasteiger charge is -2.37. The van der Waals surface area contributed by atoms with Crippen molar-refractivity contribution in [3.05, 3.63) is 34.9 Å². The summed E-state index contributed by atoms with van der Waals surface area (Å²) < 4.78 is 0. The minimum absolute atomic E-state index is 0. The molecule has 0 radical (unpaired) electrons. The molecule has 0 aromatic heterocycles. The molecule has 2 nitrogen and oxygen atoms in total. The van der Waals surface area contributed by atoms with Gasteiger partial charge in [-0.3, -0.25) is 4.79 Å². The number of carbonyl (C=O) groups excluding carboxylic acids is 1. The third-order valence-electron chi connectivity index (χ3n) is 3.69. The van der Waals surface area contributed by atoms with E-state index >= 15 is 0 Å². The van der Waals surface area contributed by atoms with E-state index in [1.807, 2.05) is 24.3 Å². The molecule has 106 valence electrons. The molecule has 1 aromatic carbocycles. The zero-order valence-corrected chi connectivity index (χ0v) is 12.8. The lowest BCUT2D eigenvalue weighted by atomic mass is 9.75. The predicted molar refractivity (Wildman–Crippen MR) is 82.1 cm³/mol. The van der Waals surface area contributed by atoms with Gasteiger partial charge >= 0.3 is 0 Å². The van der Waals surface area contributed by atoms with Gasteiger partial charge in [-0.05, 0) is 37.4 Å². The number of benzene rings is 1. The van der Waals surface area contributed by atoms with Gasteiger partial charge in [0.15, 0.2) is 5.78 Å². The van der Waals surface area contributed by atoms with Crippen LogP contribution in [-0.2, 0) is 10.3 Å². The molecule has 1 N–H and O–H groups in total. The first-order valence-corrected chi connectivity index (χ1v) is 7.12. The number of nitrogens with one attached hydrogen (secondary N) is 1. The van der Waals surface area contributed by atoms with Gasteiger partial charge in [0.05, 0.1) is 0 Å². The second-order valence-electron chi connectivity index (χ2n) is 4.94. The summed E-state index contributed by atoms with van der Waals surface area (Å²) in [7, 11) is 0. The SMILES string of the molecule is CCCNC1(c2ccccc2Cl)CCCCC1=O.Cl. The first kappa shape index (κ1) is 16.5. The van der Waals surface area contributed by atoms with Crippen LogP contribution in [0.2, 0.25) is 5.02 Å². The van der Waals surface area contributed by atoms with Crippen LogP contribution in [0.3, 0.4) is 0 Å². The molecular formula is C15H21Cl2NO. The van der Waals surface area contributed by atoms with Crippen molar-refractivity contribution in [3.8, 4) is 0 Å². The van der Waals surface area contributed by atoms with E-state index in [4.69, 9.17) is 11.6 Å². The number of hydrogen-bond donors (Lipinski definition) is 1. The minimum Gasteiger partial charge on any atom is -0.301 e. The maximum Gasteiger partial charge on any atom is 0.157 e. The molecule has 0 spiro atoms. The Labute approximate surface area is 126 Å². The lowest BCUT2D eigenvalue weighted by Crippen LogP contribution is -2.51. The van der Waals surface area contributed by atoms with Crippen LogP contribution in [0.5, 0.6) is 0 Å². The fraction of sp³-hybridized carbons (Fsp3) is 0.533. The average molecular weight is 302 g/mol. The molecule has 0 aliphatic heterocycles. The second kappa shape index (κ2) is 7.28. The molecule has 1 saturated carbocycles. The molecular weight excluding hydrogens is 281 g/mol. The van der Waals surface area contributed by atoms with Gasteiger partial charge < -0.3 is 5.32 Å². The van der Waals surface area contributed by atoms with Crippen molar-refractivity contribution in [2.24, 2.45) is 0 Å². The van der Waals surface area contributed by atoms with E-state index in [-0.39, 0.29) is 18.2 Å². The molecule has 1 unspecified atom stereocenters. The van der Waals surface area contributed by atoms with E-state index in [0.29, 0.717) is 11.4 Å². The lowest BCUT2D eigenvalue weighted by molar-refractivity contribution is -0.128. The van der Waals surface area contributed by atoms with E-state index in [0.717, 1.165) is 37.8 Å². The second-order valence-corrected chi connectivity index (χ2v) is 5.35. The van der Waals surface area contributed by atoms with Crippen molar-refractivity contribution in [1.29, 1.82) is 0 Å². The zero-order valence-electron chi connectivity index (χ0n) is 11.2. The first-order valence-electron chi connectivity index (χ1n) is 6.74. The van der Waals surface area contributed by atoms with Gasteiger partial charge in [-0.1, -0.05) is 43.1 Å². The van der Waals surface area contributed by atoms with Gasteiger partial charge in [0.1, 0.15) is 5.54 Å². The number of rotatable bonds is 4. The fourth-order valence-electron chi connectivity index (χ4n) is 2.74. The van der Waals surface area contributed by atoms with Crippen molar-refractivity contribution < 1.29 is 4.79 Å². The Morgan fingerprint density at radius 3 is 2.68 bits per heavy atom. The summed E-state index contributed by atoms with van der Waals surface area (Å²) in [6.45, 7) is 2.96. The Hall–Kier alpha value is -0.570. The molecule has 4 heteroatoms. The molecule has 0 amide bonds. The largest absolute Gasteiger partial charge is 0.301 e. The van der Waals surface area contributed by atoms with Gasteiger partial charge in [-0.25, -0.2) is 0 Å². The van der Waals surface area contributed by atoms with Gasteiger partial charge in [0, 0.05) is 11.4 Å². The van der Waals surface area contributed by atoms with Gasteiger partial charge in [0.25, 0.3) is 0 Å². The summed E-state index contributed by atoms with van der Waals surface area (Å²) in [6.07, 6.45) is 4.60. The Morgan fingerprint density at radius 2 is 2.05 bits per heavy atom. The van der Waals surface area contributed by atoms with Crippen LogP contribution in [0.25, 0.3) is 0 Å². The Bertz CT molecular complexity index is 436. The summed E-state index contributed by atoms with van der Waals surface area (Å²) >= 11 is 6.30. The van der Waals surface area contributed by atoms with Crippen LogP contribution in [-0.4, -0.2) is 12.3 Å². The predicted octanol–water partition coefficient (Wildman–Crippen LogP) is 4.10. The Balaban J connectivity index is 0.00000180.